The number of nitrogen functional groups attached to an aromatic ring is 1. The van der Waals surface area contributed by atoms with Crippen LogP contribution in [0.5, 0.6) is 0 Å². The summed E-state index contributed by atoms with van der Waals surface area (Å²) in [7, 11) is 0. The van der Waals surface area contributed by atoms with E-state index in [0.717, 1.165) is 11.5 Å². The smallest absolute Gasteiger partial charge is 0.220 e. The highest BCUT2D eigenvalue weighted by molar-refractivity contribution is 5.63. The molecular weight excluding hydrogens is 228 g/mol. The van der Waals surface area contributed by atoms with Gasteiger partial charge in [-0.1, -0.05) is 0 Å². The first kappa shape index (κ1) is 12.0. The summed E-state index contributed by atoms with van der Waals surface area (Å²) < 4.78 is 2.02. The summed E-state index contributed by atoms with van der Waals surface area (Å²) in [4.78, 5) is 12.3. The van der Waals surface area contributed by atoms with Gasteiger partial charge in [0.25, 0.3) is 0 Å². The summed E-state index contributed by atoms with van der Waals surface area (Å²) in [6.07, 6.45) is 3.14. The van der Waals surface area contributed by atoms with Crippen LogP contribution in [0.25, 0.3) is 11.4 Å². The second-order valence-electron chi connectivity index (χ2n) is 4.26. The number of nitriles is 1. The Hall–Kier alpha value is -2.42. The summed E-state index contributed by atoms with van der Waals surface area (Å²) in [5.41, 5.74) is 7.30. The maximum Gasteiger partial charge on any atom is 0.220 e. The van der Waals surface area contributed by atoms with Gasteiger partial charge in [0.15, 0.2) is 0 Å². The molecule has 0 amide bonds. The summed E-state index contributed by atoms with van der Waals surface area (Å²) in [6.45, 7) is 6.02. The topological polar surface area (TPSA) is 93.4 Å². The fourth-order valence-electron chi connectivity index (χ4n) is 1.95. The van der Waals surface area contributed by atoms with Gasteiger partial charge in [0.1, 0.15) is 17.6 Å². The summed E-state index contributed by atoms with van der Waals surface area (Å²) in [5, 5.41) is 9.11. The van der Waals surface area contributed by atoms with E-state index in [1.807, 2.05) is 11.5 Å². The van der Waals surface area contributed by atoms with Crippen LogP contribution in [0.2, 0.25) is 0 Å². The first-order valence-electron chi connectivity index (χ1n) is 5.61. The predicted molar refractivity (Wildman–Crippen MR) is 67.5 cm³/mol. The lowest BCUT2D eigenvalue weighted by Gasteiger charge is -2.14. The van der Waals surface area contributed by atoms with E-state index in [2.05, 4.69) is 34.9 Å². The molecule has 0 saturated carbocycles. The van der Waals surface area contributed by atoms with Gasteiger partial charge in [0.2, 0.25) is 5.95 Å². The third kappa shape index (κ3) is 1.91. The Balaban J connectivity index is 2.70. The maximum absolute atomic E-state index is 9.11. The Bertz CT molecular complexity index is 620. The highest BCUT2D eigenvalue weighted by Crippen LogP contribution is 2.25. The highest BCUT2D eigenvalue weighted by Gasteiger charge is 2.16. The average molecular weight is 242 g/mol. The fraction of sp³-hybridized carbons (Fsp3) is 0.333. The molecule has 2 aromatic rings. The van der Waals surface area contributed by atoms with Crippen LogP contribution in [-0.4, -0.2) is 19.5 Å². The van der Waals surface area contributed by atoms with Crippen molar-refractivity contribution in [2.75, 3.05) is 5.73 Å². The molecule has 2 aromatic heterocycles. The van der Waals surface area contributed by atoms with E-state index >= 15 is 0 Å². The van der Waals surface area contributed by atoms with Gasteiger partial charge in [-0.05, 0) is 20.8 Å². The lowest BCUT2D eigenvalue weighted by molar-refractivity contribution is 0.587. The summed E-state index contributed by atoms with van der Waals surface area (Å²) in [6, 6.07) is 2.30. The molecule has 0 aliphatic carbocycles. The van der Waals surface area contributed by atoms with Crippen LogP contribution in [0, 0.1) is 18.3 Å². The zero-order chi connectivity index (χ0) is 13.3. The third-order valence-electron chi connectivity index (χ3n) is 2.67. The zero-order valence-electron chi connectivity index (χ0n) is 10.5. The summed E-state index contributed by atoms with van der Waals surface area (Å²) in [5.74, 6) is 1.03. The molecule has 2 rings (SSSR count). The van der Waals surface area contributed by atoms with Crippen molar-refractivity contribution in [1.82, 2.24) is 19.5 Å². The first-order valence-corrected chi connectivity index (χ1v) is 5.61. The van der Waals surface area contributed by atoms with E-state index in [4.69, 9.17) is 11.0 Å². The molecule has 2 N–H and O–H groups in total. The maximum atomic E-state index is 9.11. The Morgan fingerprint density at radius 3 is 2.67 bits per heavy atom. The molecule has 6 nitrogen and oxygen atoms in total. The molecule has 92 valence electrons. The van der Waals surface area contributed by atoms with Crippen LogP contribution in [0.4, 0.5) is 5.95 Å². The van der Waals surface area contributed by atoms with Crippen molar-refractivity contribution in [3.05, 3.63) is 23.8 Å². The van der Waals surface area contributed by atoms with Gasteiger partial charge in [-0.3, -0.25) is 0 Å². The van der Waals surface area contributed by atoms with Crippen LogP contribution in [0.1, 0.15) is 31.3 Å². The fourth-order valence-corrected chi connectivity index (χ4v) is 1.95. The van der Waals surface area contributed by atoms with Crippen LogP contribution < -0.4 is 5.73 Å². The van der Waals surface area contributed by atoms with E-state index in [1.54, 1.807) is 6.20 Å². The second-order valence-corrected chi connectivity index (χ2v) is 4.26. The van der Waals surface area contributed by atoms with Crippen LogP contribution in [0.3, 0.4) is 0 Å². The second kappa shape index (κ2) is 4.45. The van der Waals surface area contributed by atoms with E-state index in [1.165, 1.54) is 6.20 Å². The molecule has 0 fully saturated rings. The quantitative estimate of drug-likeness (QED) is 0.864. The molecule has 0 aromatic carbocycles. The zero-order valence-corrected chi connectivity index (χ0v) is 10.5. The van der Waals surface area contributed by atoms with Gasteiger partial charge < -0.3 is 10.3 Å². The Labute approximate surface area is 105 Å². The average Bonchev–Trinajstić information content (AvgIpc) is 2.71. The molecule has 18 heavy (non-hydrogen) atoms. The minimum Gasteiger partial charge on any atom is -0.368 e. The van der Waals surface area contributed by atoms with Crippen molar-refractivity contribution in [2.24, 2.45) is 0 Å². The van der Waals surface area contributed by atoms with Gasteiger partial charge in [-0.15, -0.1) is 0 Å². The number of anilines is 1. The number of aromatic nitrogens is 4. The number of imidazole rings is 1. The van der Waals surface area contributed by atoms with E-state index in [0.29, 0.717) is 11.3 Å². The van der Waals surface area contributed by atoms with Crippen molar-refractivity contribution in [1.29, 1.82) is 5.26 Å². The normalized spacial score (nSPS) is 10.6. The number of hydrogen-bond acceptors (Lipinski definition) is 5. The molecule has 0 spiro atoms. The van der Waals surface area contributed by atoms with E-state index < -0.39 is 0 Å². The van der Waals surface area contributed by atoms with Crippen molar-refractivity contribution in [3.63, 3.8) is 0 Å². The first-order chi connectivity index (χ1) is 8.54. The molecule has 0 unspecified atom stereocenters. The van der Waals surface area contributed by atoms with Gasteiger partial charge in [0.05, 0.1) is 23.7 Å². The SMILES string of the molecule is Cc1ncc(-c2nc(N)ncc2C#N)n1C(C)C. The van der Waals surface area contributed by atoms with Gasteiger partial charge >= 0.3 is 0 Å². The molecule has 0 aliphatic heterocycles. The number of rotatable bonds is 2. The molecule has 6 heteroatoms. The number of aryl methyl sites for hydroxylation is 1. The van der Waals surface area contributed by atoms with Gasteiger partial charge in [-0.25, -0.2) is 15.0 Å². The molecule has 2 heterocycles. The number of hydrogen-bond donors (Lipinski definition) is 1. The van der Waals surface area contributed by atoms with Crippen LogP contribution in [0.15, 0.2) is 12.4 Å². The standard InChI is InChI=1S/C12H14N6/c1-7(2)18-8(3)15-6-10(18)11-9(4-13)5-16-12(14)17-11/h5-7H,1-3H3,(H2,14,16,17). The molecular formula is C12H14N6. The molecule has 0 bridgehead atoms. The van der Waals surface area contributed by atoms with Crippen molar-refractivity contribution in [2.45, 2.75) is 26.8 Å². The van der Waals surface area contributed by atoms with Crippen molar-refractivity contribution >= 4 is 5.95 Å². The lowest BCUT2D eigenvalue weighted by Crippen LogP contribution is -2.07. The Morgan fingerprint density at radius 2 is 2.06 bits per heavy atom. The largest absolute Gasteiger partial charge is 0.368 e. The van der Waals surface area contributed by atoms with E-state index in [-0.39, 0.29) is 12.0 Å². The minimum atomic E-state index is 0.151. The summed E-state index contributed by atoms with van der Waals surface area (Å²) >= 11 is 0. The monoisotopic (exact) mass is 242 g/mol. The molecule has 0 aliphatic rings. The molecule has 0 saturated heterocycles. The Morgan fingerprint density at radius 1 is 1.33 bits per heavy atom. The number of nitrogens with zero attached hydrogens (tertiary/aromatic N) is 5. The number of nitrogens with two attached hydrogens (primary N) is 1. The van der Waals surface area contributed by atoms with Crippen LogP contribution >= 0.6 is 0 Å². The Kier molecular flexibility index (Phi) is 2.98. The van der Waals surface area contributed by atoms with Gasteiger partial charge in [0, 0.05) is 6.04 Å². The van der Waals surface area contributed by atoms with Crippen LogP contribution in [-0.2, 0) is 0 Å². The van der Waals surface area contributed by atoms with Crippen molar-refractivity contribution < 1.29 is 0 Å². The minimum absolute atomic E-state index is 0.151. The van der Waals surface area contributed by atoms with Crippen molar-refractivity contribution in [3.8, 4) is 17.5 Å². The molecule has 0 atom stereocenters. The predicted octanol–water partition coefficient (Wildman–Crippen LogP) is 1.68. The molecule has 0 radical (unpaired) electrons. The third-order valence-corrected chi connectivity index (χ3v) is 2.67. The highest BCUT2D eigenvalue weighted by atomic mass is 15.1. The van der Waals surface area contributed by atoms with E-state index in [9.17, 15) is 0 Å². The van der Waals surface area contributed by atoms with Gasteiger partial charge in [-0.2, -0.15) is 5.26 Å². The lowest BCUT2D eigenvalue weighted by atomic mass is 10.2.